The summed E-state index contributed by atoms with van der Waals surface area (Å²) in [5.74, 6) is 0.390. The van der Waals surface area contributed by atoms with Gasteiger partial charge in [0.1, 0.15) is 5.75 Å². The fourth-order valence-electron chi connectivity index (χ4n) is 2.47. The Morgan fingerprint density at radius 1 is 1.22 bits per heavy atom. The number of para-hydroxylation sites is 1. The average molecular weight is 371 g/mol. The molecule has 0 heterocycles. The van der Waals surface area contributed by atoms with E-state index in [1.807, 2.05) is 32.0 Å². The molecule has 1 N–H and O–H groups in total. The minimum atomic E-state index is -0.535. The molecule has 8 heteroatoms. The lowest BCUT2D eigenvalue weighted by atomic mass is 10.1. The van der Waals surface area contributed by atoms with Gasteiger partial charge < -0.3 is 9.47 Å². The summed E-state index contributed by atoms with van der Waals surface area (Å²) in [5.41, 5.74) is 5.01. The van der Waals surface area contributed by atoms with Crippen LogP contribution < -0.4 is 14.9 Å². The van der Waals surface area contributed by atoms with Crippen LogP contribution in [0.4, 0.5) is 5.69 Å². The van der Waals surface area contributed by atoms with Crippen LogP contribution in [0, 0.1) is 24.0 Å². The van der Waals surface area contributed by atoms with Crippen molar-refractivity contribution in [1.29, 1.82) is 0 Å². The van der Waals surface area contributed by atoms with Crippen LogP contribution in [0.2, 0.25) is 0 Å². The van der Waals surface area contributed by atoms with E-state index >= 15 is 0 Å². The van der Waals surface area contributed by atoms with E-state index in [0.717, 1.165) is 11.1 Å². The molecule has 0 saturated heterocycles. The Morgan fingerprint density at radius 3 is 2.48 bits per heavy atom. The molecule has 0 aromatic heterocycles. The first kappa shape index (κ1) is 19.9. The predicted molar refractivity (Wildman–Crippen MR) is 101 cm³/mol. The van der Waals surface area contributed by atoms with E-state index in [0.29, 0.717) is 17.0 Å². The third kappa shape index (κ3) is 5.04. The van der Waals surface area contributed by atoms with Crippen LogP contribution in [0.25, 0.3) is 0 Å². The van der Waals surface area contributed by atoms with Crippen LogP contribution in [0.5, 0.6) is 11.5 Å². The number of methoxy groups -OCH3 is 1. The Labute approximate surface area is 157 Å². The van der Waals surface area contributed by atoms with Crippen molar-refractivity contribution in [3.05, 3.63) is 63.2 Å². The lowest BCUT2D eigenvalue weighted by molar-refractivity contribution is -0.385. The summed E-state index contributed by atoms with van der Waals surface area (Å²) in [5, 5.41) is 15.1. The predicted octanol–water partition coefficient (Wildman–Crippen LogP) is 3.14. The zero-order chi connectivity index (χ0) is 20.0. The van der Waals surface area contributed by atoms with E-state index < -0.39 is 10.8 Å². The molecule has 2 aromatic rings. The topological polar surface area (TPSA) is 103 Å². The van der Waals surface area contributed by atoms with Crippen molar-refractivity contribution in [3.8, 4) is 11.5 Å². The number of hydrazone groups is 1. The first-order valence-electron chi connectivity index (χ1n) is 8.18. The number of ether oxygens (including phenoxy) is 2. The van der Waals surface area contributed by atoms with Gasteiger partial charge in [0.25, 0.3) is 5.91 Å². The highest BCUT2D eigenvalue weighted by Gasteiger charge is 2.16. The van der Waals surface area contributed by atoms with Gasteiger partial charge in [-0.15, -0.1) is 0 Å². The van der Waals surface area contributed by atoms with E-state index in [1.165, 1.54) is 19.2 Å². The van der Waals surface area contributed by atoms with Crippen molar-refractivity contribution in [3.63, 3.8) is 0 Å². The zero-order valence-corrected chi connectivity index (χ0v) is 15.6. The fourth-order valence-corrected chi connectivity index (χ4v) is 2.47. The van der Waals surface area contributed by atoms with Gasteiger partial charge in [-0.2, -0.15) is 5.10 Å². The summed E-state index contributed by atoms with van der Waals surface area (Å²) in [7, 11) is 1.36. The highest BCUT2D eigenvalue weighted by Crippen LogP contribution is 2.27. The summed E-state index contributed by atoms with van der Waals surface area (Å²) in [6, 6.07) is 10.2. The van der Waals surface area contributed by atoms with Crippen LogP contribution in [-0.4, -0.2) is 30.3 Å². The smallest absolute Gasteiger partial charge is 0.311 e. The van der Waals surface area contributed by atoms with Gasteiger partial charge in [0.2, 0.25) is 0 Å². The maximum atomic E-state index is 12.0. The normalized spacial score (nSPS) is 11.0. The molecule has 0 atom stereocenters. The number of benzene rings is 2. The summed E-state index contributed by atoms with van der Waals surface area (Å²) in [6.45, 7) is 5.25. The van der Waals surface area contributed by atoms with Crippen molar-refractivity contribution < 1.29 is 19.2 Å². The van der Waals surface area contributed by atoms with Crippen molar-refractivity contribution in [2.45, 2.75) is 20.8 Å². The summed E-state index contributed by atoms with van der Waals surface area (Å²) in [6.07, 6.45) is 0. The molecular weight excluding hydrogens is 350 g/mol. The number of carbonyl (C=O) groups excluding carboxylic acids is 1. The molecule has 0 saturated carbocycles. The molecule has 142 valence electrons. The number of hydrogen-bond donors (Lipinski definition) is 1. The largest absolute Gasteiger partial charge is 0.490 e. The Bertz CT molecular complexity index is 873. The molecule has 0 radical (unpaired) electrons. The molecule has 0 spiro atoms. The molecule has 2 rings (SSSR count). The Hall–Kier alpha value is -3.42. The lowest BCUT2D eigenvalue weighted by Crippen LogP contribution is -2.26. The van der Waals surface area contributed by atoms with E-state index in [1.54, 1.807) is 13.0 Å². The molecule has 0 aliphatic rings. The van der Waals surface area contributed by atoms with Crippen molar-refractivity contribution in [1.82, 2.24) is 5.43 Å². The highest BCUT2D eigenvalue weighted by molar-refractivity contribution is 6.00. The number of amides is 1. The summed E-state index contributed by atoms with van der Waals surface area (Å²) in [4.78, 5) is 22.5. The Balaban J connectivity index is 2.03. The first-order chi connectivity index (χ1) is 12.8. The second-order valence-corrected chi connectivity index (χ2v) is 5.89. The SMILES string of the molecule is COc1ccc(/C(C)=N/NC(=O)COc2c(C)cccc2C)cc1[N+](=O)[O-]. The second kappa shape index (κ2) is 8.79. The van der Waals surface area contributed by atoms with Gasteiger partial charge in [0.05, 0.1) is 17.7 Å². The summed E-state index contributed by atoms with van der Waals surface area (Å²) >= 11 is 0. The monoisotopic (exact) mass is 371 g/mol. The van der Waals surface area contributed by atoms with Gasteiger partial charge in [-0.3, -0.25) is 14.9 Å². The van der Waals surface area contributed by atoms with Crippen LogP contribution in [0.3, 0.4) is 0 Å². The van der Waals surface area contributed by atoms with Gasteiger partial charge in [-0.05, 0) is 44.0 Å². The molecule has 0 bridgehead atoms. The summed E-state index contributed by atoms with van der Waals surface area (Å²) < 4.78 is 10.5. The molecule has 1 amide bonds. The maximum absolute atomic E-state index is 12.0. The number of nitro benzene ring substituents is 1. The first-order valence-corrected chi connectivity index (χ1v) is 8.18. The lowest BCUT2D eigenvalue weighted by Gasteiger charge is -2.11. The third-order valence-corrected chi connectivity index (χ3v) is 3.90. The van der Waals surface area contributed by atoms with Crippen molar-refractivity contribution in [2.75, 3.05) is 13.7 Å². The van der Waals surface area contributed by atoms with Crippen molar-refractivity contribution in [2.24, 2.45) is 5.10 Å². The molecule has 0 fully saturated rings. The van der Waals surface area contributed by atoms with E-state index in [9.17, 15) is 14.9 Å². The molecule has 8 nitrogen and oxygen atoms in total. The number of nitrogens with one attached hydrogen (secondary N) is 1. The number of nitro groups is 1. The standard InChI is InChI=1S/C19H21N3O5/c1-12-6-5-7-13(2)19(12)27-11-18(23)21-20-14(3)15-8-9-17(26-4)16(10-15)22(24)25/h5-10H,11H2,1-4H3,(H,21,23)/b20-14+. The minimum Gasteiger partial charge on any atom is -0.490 e. The number of aryl methyl sites for hydroxylation is 2. The average Bonchev–Trinajstić information content (AvgIpc) is 2.65. The third-order valence-electron chi connectivity index (χ3n) is 3.90. The van der Waals surface area contributed by atoms with Gasteiger partial charge in [-0.1, -0.05) is 18.2 Å². The van der Waals surface area contributed by atoms with Crippen LogP contribution in [0.1, 0.15) is 23.6 Å². The molecule has 27 heavy (non-hydrogen) atoms. The Kier molecular flexibility index (Phi) is 6.48. The number of hydrogen-bond acceptors (Lipinski definition) is 6. The molecule has 0 aliphatic carbocycles. The number of rotatable bonds is 7. The minimum absolute atomic E-state index is 0.155. The Morgan fingerprint density at radius 2 is 1.89 bits per heavy atom. The number of carbonyl (C=O) groups is 1. The van der Waals surface area contributed by atoms with Gasteiger partial charge in [0, 0.05) is 11.6 Å². The number of nitrogens with zero attached hydrogens (tertiary/aromatic N) is 2. The second-order valence-electron chi connectivity index (χ2n) is 5.89. The van der Waals surface area contributed by atoms with Gasteiger partial charge in [0.15, 0.2) is 12.4 Å². The van der Waals surface area contributed by atoms with Crippen LogP contribution in [-0.2, 0) is 4.79 Å². The van der Waals surface area contributed by atoms with Crippen LogP contribution in [0.15, 0.2) is 41.5 Å². The van der Waals surface area contributed by atoms with E-state index in [2.05, 4.69) is 10.5 Å². The van der Waals surface area contributed by atoms with E-state index in [-0.39, 0.29) is 18.0 Å². The van der Waals surface area contributed by atoms with Crippen molar-refractivity contribution >= 4 is 17.3 Å². The zero-order valence-electron chi connectivity index (χ0n) is 15.6. The maximum Gasteiger partial charge on any atom is 0.311 e. The fraction of sp³-hybridized carbons (Fsp3) is 0.263. The highest BCUT2D eigenvalue weighted by atomic mass is 16.6. The molecule has 0 unspecified atom stereocenters. The van der Waals surface area contributed by atoms with Gasteiger partial charge >= 0.3 is 5.69 Å². The quantitative estimate of drug-likeness (QED) is 0.457. The van der Waals surface area contributed by atoms with E-state index in [4.69, 9.17) is 9.47 Å². The molecular formula is C19H21N3O5. The molecule has 0 aliphatic heterocycles. The van der Waals surface area contributed by atoms with Crippen LogP contribution >= 0.6 is 0 Å². The molecule has 2 aromatic carbocycles. The van der Waals surface area contributed by atoms with Gasteiger partial charge in [-0.25, -0.2) is 5.43 Å².